The van der Waals surface area contributed by atoms with Gasteiger partial charge in [-0.3, -0.25) is 0 Å². The van der Waals surface area contributed by atoms with Crippen LogP contribution in [0.1, 0.15) is 30.4 Å². The van der Waals surface area contributed by atoms with E-state index in [-0.39, 0.29) is 6.04 Å². The molecule has 0 amide bonds. The Balaban J connectivity index is 1.59. The summed E-state index contributed by atoms with van der Waals surface area (Å²) < 4.78 is 10.9. The number of furan rings is 1. The van der Waals surface area contributed by atoms with E-state index in [0.717, 1.165) is 23.3 Å². The number of benzene rings is 1. The van der Waals surface area contributed by atoms with Crippen molar-refractivity contribution in [2.45, 2.75) is 26.3 Å². The smallest absolute Gasteiger partial charge is 0.227 e. The van der Waals surface area contributed by atoms with Crippen molar-refractivity contribution in [2.75, 3.05) is 6.54 Å². The molecule has 0 aliphatic heterocycles. The van der Waals surface area contributed by atoms with Gasteiger partial charge in [0.1, 0.15) is 11.3 Å². The van der Waals surface area contributed by atoms with Crippen LogP contribution in [0.2, 0.25) is 0 Å². The Hall–Kier alpha value is -2.14. The third-order valence-electron chi connectivity index (χ3n) is 3.23. The van der Waals surface area contributed by atoms with Crippen molar-refractivity contribution in [3.05, 3.63) is 47.8 Å². The number of aryl methyl sites for hydroxylation is 1. The van der Waals surface area contributed by atoms with E-state index >= 15 is 0 Å². The second-order valence-corrected chi connectivity index (χ2v) is 4.85. The summed E-state index contributed by atoms with van der Waals surface area (Å²) in [7, 11) is 0. The van der Waals surface area contributed by atoms with Gasteiger partial charge in [0.15, 0.2) is 5.82 Å². The second-order valence-electron chi connectivity index (χ2n) is 4.85. The largest absolute Gasteiger partial charge is 0.459 e. The molecule has 104 valence electrons. The highest BCUT2D eigenvalue weighted by Crippen LogP contribution is 2.23. The summed E-state index contributed by atoms with van der Waals surface area (Å²) in [6.07, 6.45) is 0.714. The first-order chi connectivity index (χ1) is 9.72. The highest BCUT2D eigenvalue weighted by atomic mass is 16.5. The average molecular weight is 271 g/mol. The molecule has 1 aromatic carbocycles. The third-order valence-corrected chi connectivity index (χ3v) is 3.23. The van der Waals surface area contributed by atoms with Crippen LogP contribution in [0.15, 0.2) is 39.3 Å². The lowest BCUT2D eigenvalue weighted by Gasteiger charge is -2.09. The van der Waals surface area contributed by atoms with Gasteiger partial charge < -0.3 is 14.3 Å². The van der Waals surface area contributed by atoms with E-state index < -0.39 is 0 Å². The maximum atomic E-state index is 5.82. The molecule has 1 atom stereocenters. The van der Waals surface area contributed by atoms with Crippen LogP contribution in [0.5, 0.6) is 0 Å². The summed E-state index contributed by atoms with van der Waals surface area (Å²) in [5, 5.41) is 8.29. The first kappa shape index (κ1) is 12.9. The first-order valence-electron chi connectivity index (χ1n) is 6.73. The van der Waals surface area contributed by atoms with Crippen LogP contribution >= 0.6 is 0 Å². The van der Waals surface area contributed by atoms with Crippen LogP contribution in [0, 0.1) is 6.92 Å². The number of nitrogens with one attached hydrogen (secondary N) is 1. The summed E-state index contributed by atoms with van der Waals surface area (Å²) >= 11 is 0. The fraction of sp³-hybridized carbons (Fsp3) is 0.333. The van der Waals surface area contributed by atoms with Gasteiger partial charge in [-0.25, -0.2) is 0 Å². The molecule has 0 saturated carbocycles. The topological polar surface area (TPSA) is 64.1 Å². The van der Waals surface area contributed by atoms with Crippen LogP contribution in [-0.4, -0.2) is 16.7 Å². The Morgan fingerprint density at radius 3 is 2.90 bits per heavy atom. The zero-order chi connectivity index (χ0) is 13.9. The van der Waals surface area contributed by atoms with Crippen molar-refractivity contribution in [2.24, 2.45) is 0 Å². The van der Waals surface area contributed by atoms with Crippen LogP contribution in [-0.2, 0) is 6.42 Å². The van der Waals surface area contributed by atoms with Crippen LogP contribution in [0.4, 0.5) is 0 Å². The standard InChI is InChI=1S/C15H17N3O2/c1-10(16-8-7-15-17-11(2)18-20-15)14-9-12-5-3-4-6-13(12)19-14/h3-6,9-10,16H,7-8H2,1-2H3/t10-/m1/s1. The summed E-state index contributed by atoms with van der Waals surface area (Å²) in [6.45, 7) is 4.66. The van der Waals surface area contributed by atoms with Crippen molar-refractivity contribution in [3.63, 3.8) is 0 Å². The summed E-state index contributed by atoms with van der Waals surface area (Å²) in [4.78, 5) is 4.17. The van der Waals surface area contributed by atoms with Crippen molar-refractivity contribution in [1.82, 2.24) is 15.5 Å². The molecule has 0 spiro atoms. The average Bonchev–Trinajstić information content (AvgIpc) is 3.04. The lowest BCUT2D eigenvalue weighted by atomic mass is 10.2. The van der Waals surface area contributed by atoms with Gasteiger partial charge in [-0.2, -0.15) is 4.98 Å². The van der Waals surface area contributed by atoms with E-state index in [1.165, 1.54) is 0 Å². The first-order valence-corrected chi connectivity index (χ1v) is 6.73. The molecule has 3 rings (SSSR count). The Kier molecular flexibility index (Phi) is 3.52. The normalized spacial score (nSPS) is 12.9. The van der Waals surface area contributed by atoms with E-state index in [1.54, 1.807) is 0 Å². The van der Waals surface area contributed by atoms with Gasteiger partial charge in [-0.05, 0) is 26.0 Å². The van der Waals surface area contributed by atoms with E-state index in [9.17, 15) is 0 Å². The number of nitrogens with zero attached hydrogens (tertiary/aromatic N) is 2. The fourth-order valence-corrected chi connectivity index (χ4v) is 2.15. The molecule has 0 radical (unpaired) electrons. The molecule has 20 heavy (non-hydrogen) atoms. The quantitative estimate of drug-likeness (QED) is 0.772. The lowest BCUT2D eigenvalue weighted by Crippen LogP contribution is -2.21. The van der Waals surface area contributed by atoms with Gasteiger partial charge in [0.05, 0.1) is 6.04 Å². The molecular formula is C15H17N3O2. The van der Waals surface area contributed by atoms with E-state index in [1.807, 2.05) is 25.1 Å². The van der Waals surface area contributed by atoms with Crippen LogP contribution in [0.3, 0.4) is 0 Å². The minimum atomic E-state index is 0.145. The zero-order valence-corrected chi connectivity index (χ0v) is 11.6. The minimum Gasteiger partial charge on any atom is -0.459 e. The SMILES string of the molecule is Cc1noc(CCN[C@H](C)c2cc3ccccc3o2)n1. The van der Waals surface area contributed by atoms with Gasteiger partial charge in [-0.15, -0.1) is 0 Å². The second kappa shape index (κ2) is 5.46. The third kappa shape index (κ3) is 2.72. The van der Waals surface area contributed by atoms with Gasteiger partial charge >= 0.3 is 0 Å². The lowest BCUT2D eigenvalue weighted by molar-refractivity contribution is 0.367. The van der Waals surface area contributed by atoms with Gasteiger partial charge in [-0.1, -0.05) is 23.4 Å². The maximum Gasteiger partial charge on any atom is 0.227 e. The molecule has 0 aliphatic carbocycles. The predicted molar refractivity (Wildman–Crippen MR) is 75.4 cm³/mol. The van der Waals surface area contributed by atoms with Gasteiger partial charge in [0.25, 0.3) is 0 Å². The van der Waals surface area contributed by atoms with Gasteiger partial charge in [0.2, 0.25) is 5.89 Å². The Morgan fingerprint density at radius 1 is 1.30 bits per heavy atom. The van der Waals surface area contributed by atoms with Crippen molar-refractivity contribution >= 4 is 11.0 Å². The number of fused-ring (bicyclic) bond motifs is 1. The fourth-order valence-electron chi connectivity index (χ4n) is 2.15. The van der Waals surface area contributed by atoms with Crippen molar-refractivity contribution < 1.29 is 8.94 Å². The summed E-state index contributed by atoms with van der Waals surface area (Å²) in [5.74, 6) is 2.27. The van der Waals surface area contributed by atoms with Crippen molar-refractivity contribution in [3.8, 4) is 0 Å². The zero-order valence-electron chi connectivity index (χ0n) is 11.6. The highest BCUT2D eigenvalue weighted by Gasteiger charge is 2.11. The maximum absolute atomic E-state index is 5.82. The number of hydrogen-bond acceptors (Lipinski definition) is 5. The van der Waals surface area contributed by atoms with Crippen molar-refractivity contribution in [1.29, 1.82) is 0 Å². The molecule has 3 aromatic rings. The van der Waals surface area contributed by atoms with Crippen LogP contribution in [0.25, 0.3) is 11.0 Å². The van der Waals surface area contributed by atoms with E-state index in [2.05, 4.69) is 34.5 Å². The monoisotopic (exact) mass is 271 g/mol. The molecule has 2 heterocycles. The molecule has 0 bridgehead atoms. The Bertz CT molecular complexity index is 669. The van der Waals surface area contributed by atoms with Crippen LogP contribution < -0.4 is 5.32 Å². The predicted octanol–water partition coefficient (Wildman–Crippen LogP) is 3.02. The molecule has 2 aromatic heterocycles. The molecule has 1 N–H and O–H groups in total. The molecular weight excluding hydrogens is 254 g/mol. The van der Waals surface area contributed by atoms with E-state index in [0.29, 0.717) is 18.1 Å². The highest BCUT2D eigenvalue weighted by molar-refractivity contribution is 5.77. The molecule has 0 unspecified atom stereocenters. The molecule has 5 heteroatoms. The summed E-state index contributed by atoms with van der Waals surface area (Å²) in [6, 6.07) is 10.2. The number of aromatic nitrogens is 2. The van der Waals surface area contributed by atoms with E-state index in [4.69, 9.17) is 8.94 Å². The number of hydrogen-bond donors (Lipinski definition) is 1. The molecule has 0 aliphatic rings. The summed E-state index contributed by atoms with van der Waals surface area (Å²) in [5.41, 5.74) is 0.920. The number of para-hydroxylation sites is 1. The Morgan fingerprint density at radius 2 is 2.15 bits per heavy atom. The molecule has 5 nitrogen and oxygen atoms in total. The molecule has 0 fully saturated rings. The number of rotatable bonds is 5. The molecule has 0 saturated heterocycles. The Labute approximate surface area is 117 Å². The minimum absolute atomic E-state index is 0.145. The van der Waals surface area contributed by atoms with Gasteiger partial charge in [0, 0.05) is 18.4 Å².